The van der Waals surface area contributed by atoms with E-state index in [4.69, 9.17) is 0 Å². The zero-order valence-electron chi connectivity index (χ0n) is 20.3. The molecule has 2 amide bonds. The number of benzene rings is 2. The number of hydrogen-bond donors (Lipinski definition) is 2. The first-order valence-electron chi connectivity index (χ1n) is 12.3. The average molecular weight is 477 g/mol. The molecule has 0 aliphatic carbocycles. The first-order valence-corrected chi connectivity index (χ1v) is 12.3. The van der Waals surface area contributed by atoms with Gasteiger partial charge in [-0.25, -0.2) is 4.39 Å². The molecule has 184 valence electrons. The van der Waals surface area contributed by atoms with E-state index in [9.17, 15) is 9.59 Å². The number of nitrogens with one attached hydrogen (secondary N) is 2. The minimum absolute atomic E-state index is 0.174. The molecule has 0 spiro atoms. The fourth-order valence-electron chi connectivity index (χ4n) is 4.99. The lowest BCUT2D eigenvalue weighted by Gasteiger charge is -2.38. The second kappa shape index (κ2) is 11.2. The molecule has 35 heavy (non-hydrogen) atoms. The Morgan fingerprint density at radius 1 is 1.06 bits per heavy atom. The van der Waals surface area contributed by atoms with Gasteiger partial charge in [0.05, 0.1) is 11.6 Å². The Bertz CT molecular complexity index is 1120. The van der Waals surface area contributed by atoms with Crippen molar-refractivity contribution in [3.63, 3.8) is 0 Å². The van der Waals surface area contributed by atoms with E-state index < -0.39 is 0 Å². The van der Waals surface area contributed by atoms with Crippen LogP contribution in [-0.2, 0) is 4.79 Å². The first kappa shape index (κ1) is 24.5. The summed E-state index contributed by atoms with van der Waals surface area (Å²) in [6.45, 7) is 6.75. The van der Waals surface area contributed by atoms with E-state index in [1.165, 1.54) is 6.07 Å². The molecular formula is C28H33FN4O2. The molecule has 0 bridgehead atoms. The number of rotatable bonds is 8. The molecule has 2 heterocycles. The standard InChI is InChI=1S/C28H33FN4O2/c1-3-32(4-2)28(35)26(20-9-6-5-7-10-20)21-14-17-33(18-15-21)25-13-12-22(19-23(25)29)31-27(34)24-11-8-16-30-24/h5-13,16,19,21,26,30H,3-4,14-15,17-18H2,1-2H3,(H,31,34). The normalized spacial score (nSPS) is 15.0. The maximum absolute atomic E-state index is 15.0. The second-order valence-electron chi connectivity index (χ2n) is 8.93. The third-order valence-electron chi connectivity index (χ3n) is 6.90. The van der Waals surface area contributed by atoms with Gasteiger partial charge in [0.15, 0.2) is 0 Å². The van der Waals surface area contributed by atoms with Gasteiger partial charge in [0.2, 0.25) is 5.91 Å². The molecule has 1 fully saturated rings. The number of aromatic amines is 1. The fourth-order valence-corrected chi connectivity index (χ4v) is 4.99. The van der Waals surface area contributed by atoms with Gasteiger partial charge in [-0.05, 0) is 68.5 Å². The molecule has 1 saturated heterocycles. The molecular weight excluding hydrogens is 443 g/mol. The largest absolute Gasteiger partial charge is 0.369 e. The van der Waals surface area contributed by atoms with Crippen LogP contribution in [0, 0.1) is 11.7 Å². The third-order valence-corrected chi connectivity index (χ3v) is 6.90. The van der Waals surface area contributed by atoms with Gasteiger partial charge in [0.25, 0.3) is 5.91 Å². The number of carbonyl (C=O) groups excluding carboxylic acids is 2. The van der Waals surface area contributed by atoms with Crippen molar-refractivity contribution in [2.75, 3.05) is 36.4 Å². The maximum atomic E-state index is 15.0. The van der Waals surface area contributed by atoms with Gasteiger partial charge in [-0.3, -0.25) is 9.59 Å². The second-order valence-corrected chi connectivity index (χ2v) is 8.93. The Hall–Kier alpha value is -3.61. The van der Waals surface area contributed by atoms with Crippen LogP contribution in [0.1, 0.15) is 48.7 Å². The van der Waals surface area contributed by atoms with Gasteiger partial charge in [-0.15, -0.1) is 0 Å². The minimum Gasteiger partial charge on any atom is -0.369 e. The van der Waals surface area contributed by atoms with E-state index >= 15 is 4.39 Å². The highest BCUT2D eigenvalue weighted by Gasteiger charge is 2.35. The molecule has 3 aromatic rings. The Kier molecular flexibility index (Phi) is 7.85. The minimum atomic E-state index is -0.369. The van der Waals surface area contributed by atoms with Crippen molar-refractivity contribution in [3.8, 4) is 0 Å². The summed E-state index contributed by atoms with van der Waals surface area (Å²) in [6.07, 6.45) is 3.27. The summed E-state index contributed by atoms with van der Waals surface area (Å²) in [6, 6.07) is 18.2. The summed E-state index contributed by atoms with van der Waals surface area (Å²) in [4.78, 5) is 32.4. The number of carbonyl (C=O) groups is 2. The van der Waals surface area contributed by atoms with Crippen LogP contribution in [0.3, 0.4) is 0 Å². The summed E-state index contributed by atoms with van der Waals surface area (Å²) in [5, 5.41) is 2.72. The molecule has 0 radical (unpaired) electrons. The molecule has 2 N–H and O–H groups in total. The lowest BCUT2D eigenvalue weighted by atomic mass is 9.79. The SMILES string of the molecule is CCN(CC)C(=O)C(c1ccccc1)C1CCN(c2ccc(NC(=O)c3ccc[nH]3)cc2F)CC1. The highest BCUT2D eigenvalue weighted by atomic mass is 19.1. The third kappa shape index (κ3) is 5.56. The van der Waals surface area contributed by atoms with Crippen LogP contribution in [0.15, 0.2) is 66.9 Å². The number of hydrogen-bond acceptors (Lipinski definition) is 3. The van der Waals surface area contributed by atoms with Crippen LogP contribution in [0.5, 0.6) is 0 Å². The predicted molar refractivity (Wildman–Crippen MR) is 137 cm³/mol. The molecule has 1 aromatic heterocycles. The van der Waals surface area contributed by atoms with E-state index in [0.717, 1.165) is 18.4 Å². The molecule has 6 nitrogen and oxygen atoms in total. The Labute approximate surface area is 206 Å². The number of anilines is 2. The maximum Gasteiger partial charge on any atom is 0.272 e. The summed E-state index contributed by atoms with van der Waals surface area (Å²) < 4.78 is 15.0. The van der Waals surface area contributed by atoms with E-state index in [0.29, 0.717) is 43.2 Å². The van der Waals surface area contributed by atoms with Gasteiger partial charge in [-0.2, -0.15) is 0 Å². The zero-order valence-corrected chi connectivity index (χ0v) is 20.3. The van der Waals surface area contributed by atoms with Gasteiger partial charge >= 0.3 is 0 Å². The summed E-state index contributed by atoms with van der Waals surface area (Å²) in [5.41, 5.74) is 2.40. The lowest BCUT2D eigenvalue weighted by molar-refractivity contribution is -0.134. The number of H-pyrrole nitrogens is 1. The average Bonchev–Trinajstić information content (AvgIpc) is 3.42. The molecule has 7 heteroatoms. The van der Waals surface area contributed by atoms with Gasteiger partial charge < -0.3 is 20.1 Å². The van der Waals surface area contributed by atoms with E-state index in [1.54, 1.807) is 30.5 Å². The van der Waals surface area contributed by atoms with Crippen molar-refractivity contribution >= 4 is 23.2 Å². The van der Waals surface area contributed by atoms with Crippen molar-refractivity contribution in [2.24, 2.45) is 5.92 Å². The topological polar surface area (TPSA) is 68.4 Å². The highest BCUT2D eigenvalue weighted by Crippen LogP contribution is 2.36. The summed E-state index contributed by atoms with van der Waals surface area (Å²) in [5.74, 6) is -0.495. The molecule has 1 aliphatic rings. The Balaban J connectivity index is 1.45. The fraction of sp³-hybridized carbons (Fsp3) is 0.357. The lowest BCUT2D eigenvalue weighted by Crippen LogP contribution is -2.42. The van der Waals surface area contributed by atoms with Crippen molar-refractivity contribution in [2.45, 2.75) is 32.6 Å². The van der Waals surface area contributed by atoms with Crippen LogP contribution in [-0.4, -0.2) is 47.9 Å². The number of piperidine rings is 1. The molecule has 1 aliphatic heterocycles. The van der Waals surface area contributed by atoms with E-state index in [1.807, 2.05) is 54.0 Å². The van der Waals surface area contributed by atoms with Crippen LogP contribution in [0.25, 0.3) is 0 Å². The number of nitrogens with zero attached hydrogens (tertiary/aromatic N) is 2. The summed E-state index contributed by atoms with van der Waals surface area (Å²) >= 11 is 0. The van der Waals surface area contributed by atoms with Crippen LogP contribution >= 0.6 is 0 Å². The van der Waals surface area contributed by atoms with Gasteiger partial charge in [-0.1, -0.05) is 30.3 Å². The number of aromatic nitrogens is 1. The molecule has 1 unspecified atom stereocenters. The van der Waals surface area contributed by atoms with Crippen molar-refractivity contribution in [1.29, 1.82) is 0 Å². The monoisotopic (exact) mass is 476 g/mol. The molecule has 1 atom stereocenters. The van der Waals surface area contributed by atoms with Crippen LogP contribution < -0.4 is 10.2 Å². The van der Waals surface area contributed by atoms with Crippen molar-refractivity contribution < 1.29 is 14.0 Å². The predicted octanol–water partition coefficient (Wildman–Crippen LogP) is 5.27. The smallest absolute Gasteiger partial charge is 0.272 e. The van der Waals surface area contributed by atoms with E-state index in [2.05, 4.69) is 10.3 Å². The van der Waals surface area contributed by atoms with Gasteiger partial charge in [0.1, 0.15) is 11.5 Å². The molecule has 0 saturated carbocycles. The van der Waals surface area contributed by atoms with Gasteiger partial charge in [0, 0.05) is 38.1 Å². The van der Waals surface area contributed by atoms with Crippen molar-refractivity contribution in [3.05, 3.63) is 83.9 Å². The van der Waals surface area contributed by atoms with Crippen molar-refractivity contribution in [1.82, 2.24) is 9.88 Å². The van der Waals surface area contributed by atoms with Crippen LogP contribution in [0.4, 0.5) is 15.8 Å². The molecule has 2 aromatic carbocycles. The Morgan fingerprint density at radius 3 is 2.37 bits per heavy atom. The first-order chi connectivity index (χ1) is 17.0. The number of amides is 2. The Morgan fingerprint density at radius 2 is 1.77 bits per heavy atom. The van der Waals surface area contributed by atoms with E-state index in [-0.39, 0.29) is 29.5 Å². The highest BCUT2D eigenvalue weighted by molar-refractivity contribution is 6.03. The zero-order chi connectivity index (χ0) is 24.8. The quantitative estimate of drug-likeness (QED) is 0.465. The summed E-state index contributed by atoms with van der Waals surface area (Å²) in [7, 11) is 0. The number of halogens is 1. The number of likely N-dealkylation sites (N-methyl/N-ethyl adjacent to an activating group) is 1. The van der Waals surface area contributed by atoms with Crippen LogP contribution in [0.2, 0.25) is 0 Å². The molecule has 4 rings (SSSR count).